The summed E-state index contributed by atoms with van der Waals surface area (Å²) in [6, 6.07) is 8.35. The van der Waals surface area contributed by atoms with Crippen molar-refractivity contribution in [3.8, 4) is 5.75 Å². The minimum Gasteiger partial charge on any atom is -0.492 e. The van der Waals surface area contributed by atoms with Gasteiger partial charge < -0.3 is 15.4 Å². The Hall–Kier alpha value is -2.34. The van der Waals surface area contributed by atoms with Crippen LogP contribution in [0.3, 0.4) is 0 Å². The number of hydrogen-bond donors (Lipinski definition) is 2. The molecule has 0 bridgehead atoms. The van der Waals surface area contributed by atoms with Crippen LogP contribution < -0.4 is 15.4 Å². The molecule has 2 unspecified atom stereocenters. The van der Waals surface area contributed by atoms with Crippen molar-refractivity contribution in [2.45, 2.75) is 38.8 Å². The lowest BCUT2D eigenvalue weighted by molar-refractivity contribution is -0.116. The number of amides is 1. The van der Waals surface area contributed by atoms with Gasteiger partial charge in [0.15, 0.2) is 0 Å². The van der Waals surface area contributed by atoms with Gasteiger partial charge in [-0.2, -0.15) is 5.10 Å². The van der Waals surface area contributed by atoms with Gasteiger partial charge in [0.2, 0.25) is 5.91 Å². The van der Waals surface area contributed by atoms with E-state index in [2.05, 4.69) is 29.6 Å². The molecule has 0 saturated carbocycles. The lowest BCUT2D eigenvalue weighted by Gasteiger charge is -2.22. The van der Waals surface area contributed by atoms with Crippen LogP contribution in [0, 0.1) is 0 Å². The van der Waals surface area contributed by atoms with E-state index < -0.39 is 0 Å². The van der Waals surface area contributed by atoms with Gasteiger partial charge in [0.1, 0.15) is 12.4 Å². The maximum Gasteiger partial charge on any atom is 0.224 e. The average Bonchev–Trinajstić information content (AvgIpc) is 3.12. The molecule has 2 aromatic rings. The lowest BCUT2D eigenvalue weighted by Crippen LogP contribution is -2.36. The molecule has 1 aromatic carbocycles. The smallest absolute Gasteiger partial charge is 0.224 e. The highest BCUT2D eigenvalue weighted by Gasteiger charge is 2.15. The maximum atomic E-state index is 11.4. The lowest BCUT2D eigenvalue weighted by atomic mass is 10.0. The predicted molar refractivity (Wildman–Crippen MR) is 93.3 cm³/mol. The molecular formula is C18H24N4O2. The van der Waals surface area contributed by atoms with Crippen LogP contribution in [0.4, 0.5) is 5.69 Å². The SMILES string of the molecule is CC(NCCOc1ccc2c(c1)CCC(=O)N2)C(C)n1cccn1. The summed E-state index contributed by atoms with van der Waals surface area (Å²) in [4.78, 5) is 11.4. The summed E-state index contributed by atoms with van der Waals surface area (Å²) in [7, 11) is 0. The molecule has 2 atom stereocenters. The van der Waals surface area contributed by atoms with Crippen molar-refractivity contribution in [2.24, 2.45) is 0 Å². The summed E-state index contributed by atoms with van der Waals surface area (Å²) in [5.74, 6) is 0.931. The average molecular weight is 328 g/mol. The first-order valence-corrected chi connectivity index (χ1v) is 8.41. The number of carbonyl (C=O) groups excluding carboxylic acids is 1. The fraction of sp³-hybridized carbons (Fsp3) is 0.444. The normalized spacial score (nSPS) is 16.2. The molecule has 6 heteroatoms. The highest BCUT2D eigenvalue weighted by molar-refractivity contribution is 5.93. The fourth-order valence-corrected chi connectivity index (χ4v) is 2.83. The molecule has 0 aliphatic carbocycles. The van der Waals surface area contributed by atoms with Crippen LogP contribution in [0.15, 0.2) is 36.7 Å². The van der Waals surface area contributed by atoms with Crippen LogP contribution in [-0.4, -0.2) is 34.9 Å². The number of ether oxygens (including phenoxy) is 1. The van der Waals surface area contributed by atoms with E-state index in [0.29, 0.717) is 19.1 Å². The van der Waals surface area contributed by atoms with Gasteiger partial charge in [0.05, 0.1) is 6.04 Å². The second-order valence-electron chi connectivity index (χ2n) is 6.19. The molecule has 1 aliphatic heterocycles. The largest absolute Gasteiger partial charge is 0.492 e. The molecule has 1 amide bonds. The van der Waals surface area contributed by atoms with Gasteiger partial charge in [-0.15, -0.1) is 0 Å². The number of rotatable bonds is 7. The van der Waals surface area contributed by atoms with Crippen LogP contribution in [0.2, 0.25) is 0 Å². The summed E-state index contributed by atoms with van der Waals surface area (Å²) in [6.07, 6.45) is 5.09. The molecule has 128 valence electrons. The van der Waals surface area contributed by atoms with Gasteiger partial charge in [-0.05, 0) is 50.1 Å². The summed E-state index contributed by atoms with van der Waals surface area (Å²) in [6.45, 7) is 5.65. The van der Waals surface area contributed by atoms with Crippen LogP contribution in [-0.2, 0) is 11.2 Å². The number of fused-ring (bicyclic) bond motifs is 1. The number of aryl methyl sites for hydroxylation is 1. The minimum atomic E-state index is 0.0839. The van der Waals surface area contributed by atoms with E-state index in [4.69, 9.17) is 4.74 Å². The standard InChI is InChI=1S/C18H24N4O2/c1-13(14(2)22-10-3-8-20-22)19-9-11-24-16-5-6-17-15(12-16)4-7-18(23)21-17/h3,5-6,8,10,12-14,19H,4,7,9,11H2,1-2H3,(H,21,23). The van der Waals surface area contributed by atoms with Crippen molar-refractivity contribution in [1.82, 2.24) is 15.1 Å². The van der Waals surface area contributed by atoms with Crippen molar-refractivity contribution in [2.75, 3.05) is 18.5 Å². The van der Waals surface area contributed by atoms with Gasteiger partial charge in [-0.1, -0.05) is 0 Å². The molecule has 0 fully saturated rings. The van der Waals surface area contributed by atoms with Gasteiger partial charge in [-0.25, -0.2) is 0 Å². The molecule has 3 rings (SSSR count). The molecule has 0 spiro atoms. The number of nitrogens with one attached hydrogen (secondary N) is 2. The van der Waals surface area contributed by atoms with Crippen molar-refractivity contribution in [3.63, 3.8) is 0 Å². The van der Waals surface area contributed by atoms with E-state index in [-0.39, 0.29) is 11.9 Å². The summed E-state index contributed by atoms with van der Waals surface area (Å²) >= 11 is 0. The molecule has 2 heterocycles. The van der Waals surface area contributed by atoms with Crippen molar-refractivity contribution < 1.29 is 9.53 Å². The number of anilines is 1. The number of hydrogen-bond acceptors (Lipinski definition) is 4. The molecule has 0 radical (unpaired) electrons. The highest BCUT2D eigenvalue weighted by atomic mass is 16.5. The summed E-state index contributed by atoms with van der Waals surface area (Å²) in [5, 5.41) is 10.6. The zero-order chi connectivity index (χ0) is 16.9. The quantitative estimate of drug-likeness (QED) is 0.766. The Balaban J connectivity index is 1.44. The van der Waals surface area contributed by atoms with Crippen LogP contribution in [0.5, 0.6) is 5.75 Å². The Morgan fingerprint density at radius 1 is 1.38 bits per heavy atom. The maximum absolute atomic E-state index is 11.4. The molecular weight excluding hydrogens is 304 g/mol. The molecule has 1 aliphatic rings. The van der Waals surface area contributed by atoms with Gasteiger partial charge in [0.25, 0.3) is 0 Å². The Morgan fingerprint density at radius 3 is 3.04 bits per heavy atom. The summed E-state index contributed by atoms with van der Waals surface area (Å²) in [5.41, 5.74) is 2.04. The molecule has 0 saturated heterocycles. The van der Waals surface area contributed by atoms with Crippen LogP contribution in [0.1, 0.15) is 31.9 Å². The van der Waals surface area contributed by atoms with E-state index in [0.717, 1.165) is 30.0 Å². The second-order valence-corrected chi connectivity index (χ2v) is 6.19. The third-order valence-corrected chi connectivity index (χ3v) is 4.48. The number of nitrogens with zero attached hydrogens (tertiary/aromatic N) is 2. The van der Waals surface area contributed by atoms with E-state index in [1.165, 1.54) is 0 Å². The first-order chi connectivity index (χ1) is 11.6. The number of aromatic nitrogens is 2. The number of benzene rings is 1. The van der Waals surface area contributed by atoms with Gasteiger partial charge in [0, 0.05) is 37.1 Å². The van der Waals surface area contributed by atoms with Crippen molar-refractivity contribution >= 4 is 11.6 Å². The van der Waals surface area contributed by atoms with Crippen molar-refractivity contribution in [3.05, 3.63) is 42.2 Å². The molecule has 2 N–H and O–H groups in total. The first-order valence-electron chi connectivity index (χ1n) is 8.41. The zero-order valence-corrected chi connectivity index (χ0v) is 14.2. The van der Waals surface area contributed by atoms with Crippen LogP contribution in [0.25, 0.3) is 0 Å². The van der Waals surface area contributed by atoms with E-state index in [1.807, 2.05) is 35.1 Å². The van der Waals surface area contributed by atoms with E-state index >= 15 is 0 Å². The minimum absolute atomic E-state index is 0.0839. The van der Waals surface area contributed by atoms with Gasteiger partial charge >= 0.3 is 0 Å². The Kier molecular flexibility index (Phi) is 5.15. The third kappa shape index (κ3) is 3.94. The monoisotopic (exact) mass is 328 g/mol. The van der Waals surface area contributed by atoms with Crippen molar-refractivity contribution in [1.29, 1.82) is 0 Å². The summed E-state index contributed by atoms with van der Waals surface area (Å²) < 4.78 is 7.78. The van der Waals surface area contributed by atoms with Crippen LogP contribution >= 0.6 is 0 Å². The Labute approximate surface area is 142 Å². The number of carbonyl (C=O) groups is 1. The first kappa shape index (κ1) is 16.5. The van der Waals surface area contributed by atoms with E-state index in [1.54, 1.807) is 6.20 Å². The second kappa shape index (κ2) is 7.49. The van der Waals surface area contributed by atoms with E-state index in [9.17, 15) is 4.79 Å². The van der Waals surface area contributed by atoms with Gasteiger partial charge in [-0.3, -0.25) is 9.48 Å². The molecule has 6 nitrogen and oxygen atoms in total. The Morgan fingerprint density at radius 2 is 2.25 bits per heavy atom. The highest BCUT2D eigenvalue weighted by Crippen LogP contribution is 2.26. The fourth-order valence-electron chi connectivity index (χ4n) is 2.83. The molecule has 1 aromatic heterocycles. The third-order valence-electron chi connectivity index (χ3n) is 4.48. The molecule has 24 heavy (non-hydrogen) atoms. The Bertz CT molecular complexity index is 684. The zero-order valence-electron chi connectivity index (χ0n) is 14.2. The topological polar surface area (TPSA) is 68.2 Å². The predicted octanol–water partition coefficient (Wildman–Crippen LogP) is 2.39.